The molecule has 1 saturated heterocycles. The Hall–Kier alpha value is -1.71. The van der Waals surface area contributed by atoms with Gasteiger partial charge in [0.15, 0.2) is 5.82 Å². The second-order valence-electron chi connectivity index (χ2n) is 5.02. The van der Waals surface area contributed by atoms with Crippen molar-refractivity contribution in [1.82, 2.24) is 9.46 Å². The lowest BCUT2D eigenvalue weighted by molar-refractivity contribution is -0.119. The molecule has 0 unspecified atom stereocenters. The van der Waals surface area contributed by atoms with E-state index in [9.17, 15) is 13.2 Å². The maximum absolute atomic E-state index is 12.6. The lowest BCUT2D eigenvalue weighted by atomic mass is 10.2. The fraction of sp³-hybridized carbons (Fsp3) is 0.385. The predicted molar refractivity (Wildman–Crippen MR) is 81.1 cm³/mol. The maximum atomic E-state index is 12.6. The summed E-state index contributed by atoms with van der Waals surface area (Å²) in [6.45, 7) is 2.06. The summed E-state index contributed by atoms with van der Waals surface area (Å²) in [6.07, 6.45) is 1.15. The Balaban J connectivity index is 1.80. The highest BCUT2D eigenvalue weighted by molar-refractivity contribution is 7.91. The molecule has 0 aliphatic carbocycles. The van der Waals surface area contributed by atoms with Gasteiger partial charge in [-0.15, -0.1) is 11.3 Å². The monoisotopic (exact) mass is 341 g/mol. The molecule has 1 fully saturated rings. The van der Waals surface area contributed by atoms with Crippen LogP contribution in [0.3, 0.4) is 0 Å². The molecular formula is C13H15N3O4S2. The molecule has 2 aromatic heterocycles. The van der Waals surface area contributed by atoms with Crippen molar-refractivity contribution in [2.24, 2.45) is 0 Å². The van der Waals surface area contributed by atoms with Gasteiger partial charge < -0.3 is 9.84 Å². The molecule has 2 aromatic rings. The van der Waals surface area contributed by atoms with Crippen LogP contribution in [0.5, 0.6) is 0 Å². The van der Waals surface area contributed by atoms with Crippen molar-refractivity contribution >= 4 is 33.1 Å². The van der Waals surface area contributed by atoms with Gasteiger partial charge >= 0.3 is 0 Å². The summed E-state index contributed by atoms with van der Waals surface area (Å²) in [6, 6.07) is 4.10. The number of rotatable bonds is 4. The van der Waals surface area contributed by atoms with Gasteiger partial charge in [0, 0.05) is 12.6 Å². The van der Waals surface area contributed by atoms with Crippen LogP contribution in [0.4, 0.5) is 5.82 Å². The minimum absolute atomic E-state index is 0.254. The molecule has 22 heavy (non-hydrogen) atoms. The average molecular weight is 341 g/mol. The molecule has 0 bridgehead atoms. The van der Waals surface area contributed by atoms with Crippen molar-refractivity contribution in [2.45, 2.75) is 30.0 Å². The summed E-state index contributed by atoms with van der Waals surface area (Å²) < 4.78 is 31.6. The van der Waals surface area contributed by atoms with E-state index in [0.29, 0.717) is 31.0 Å². The van der Waals surface area contributed by atoms with E-state index in [-0.39, 0.29) is 10.1 Å². The van der Waals surface area contributed by atoms with Crippen LogP contribution in [0.25, 0.3) is 0 Å². The van der Waals surface area contributed by atoms with Crippen molar-refractivity contribution in [1.29, 1.82) is 0 Å². The third-order valence-electron chi connectivity index (χ3n) is 3.44. The Kier molecular flexibility index (Phi) is 4.02. The molecular weight excluding hydrogens is 326 g/mol. The van der Waals surface area contributed by atoms with Gasteiger partial charge in [-0.25, -0.2) is 8.42 Å². The Labute approximate surface area is 132 Å². The van der Waals surface area contributed by atoms with E-state index >= 15 is 0 Å². The second-order valence-corrected chi connectivity index (χ2v) is 8.08. The van der Waals surface area contributed by atoms with Crippen LogP contribution in [0.2, 0.25) is 0 Å². The molecule has 7 nitrogen and oxygen atoms in total. The predicted octanol–water partition coefficient (Wildman–Crippen LogP) is 1.84. The first kappa shape index (κ1) is 15.2. The summed E-state index contributed by atoms with van der Waals surface area (Å²) in [5, 5.41) is 8.00. The molecule has 1 aliphatic heterocycles. The Morgan fingerprint density at radius 3 is 3.00 bits per heavy atom. The lowest BCUT2D eigenvalue weighted by Gasteiger charge is -2.22. The minimum Gasteiger partial charge on any atom is -0.360 e. The first-order valence-corrected chi connectivity index (χ1v) is 9.10. The molecule has 0 saturated carbocycles. The highest BCUT2D eigenvalue weighted by atomic mass is 32.2. The minimum atomic E-state index is -3.63. The Morgan fingerprint density at radius 1 is 1.55 bits per heavy atom. The smallest absolute Gasteiger partial charge is 0.253 e. The number of hydrogen-bond acceptors (Lipinski definition) is 6. The molecule has 1 aliphatic rings. The average Bonchev–Trinajstić information content (AvgIpc) is 3.20. The summed E-state index contributed by atoms with van der Waals surface area (Å²) in [4.78, 5) is 12.4. The van der Waals surface area contributed by atoms with E-state index < -0.39 is 16.1 Å². The van der Waals surface area contributed by atoms with Crippen molar-refractivity contribution in [3.63, 3.8) is 0 Å². The molecule has 0 radical (unpaired) electrons. The lowest BCUT2D eigenvalue weighted by Crippen LogP contribution is -2.42. The number of amides is 1. The summed E-state index contributed by atoms with van der Waals surface area (Å²) in [7, 11) is -3.63. The number of nitrogens with zero attached hydrogens (tertiary/aromatic N) is 2. The number of hydrogen-bond donors (Lipinski definition) is 1. The van der Waals surface area contributed by atoms with Gasteiger partial charge in [0.25, 0.3) is 10.0 Å². The van der Waals surface area contributed by atoms with Crippen LogP contribution in [-0.2, 0) is 14.8 Å². The number of thiophene rings is 1. The van der Waals surface area contributed by atoms with Gasteiger partial charge in [0.1, 0.15) is 16.0 Å². The van der Waals surface area contributed by atoms with Crippen LogP contribution < -0.4 is 5.32 Å². The summed E-state index contributed by atoms with van der Waals surface area (Å²) in [5.74, 6) is 0.485. The molecule has 3 heterocycles. The third kappa shape index (κ3) is 2.79. The van der Waals surface area contributed by atoms with Crippen molar-refractivity contribution < 1.29 is 17.7 Å². The van der Waals surface area contributed by atoms with Gasteiger partial charge in [-0.2, -0.15) is 4.31 Å². The standard InChI is InChI=1S/C13H15N3O4S2/c1-9-8-11(15-20-9)14-13(17)10-4-2-6-16(10)22(18,19)12-5-3-7-21-12/h3,5,7-8,10H,2,4,6H2,1H3,(H,14,15,17)/t10-/m0/s1. The Morgan fingerprint density at radius 2 is 2.36 bits per heavy atom. The van der Waals surface area contributed by atoms with E-state index in [2.05, 4.69) is 10.5 Å². The molecule has 9 heteroatoms. The fourth-order valence-electron chi connectivity index (χ4n) is 2.45. The number of anilines is 1. The van der Waals surface area contributed by atoms with Crippen molar-refractivity contribution in [3.8, 4) is 0 Å². The first-order chi connectivity index (χ1) is 10.5. The van der Waals surface area contributed by atoms with Gasteiger partial charge in [-0.05, 0) is 31.2 Å². The molecule has 1 N–H and O–H groups in total. The normalized spacial score (nSPS) is 19.4. The van der Waals surface area contributed by atoms with Crippen LogP contribution in [0.15, 0.2) is 32.3 Å². The number of aromatic nitrogens is 1. The number of aryl methyl sites for hydroxylation is 1. The first-order valence-electron chi connectivity index (χ1n) is 6.78. The molecule has 0 spiro atoms. The SMILES string of the molecule is Cc1cc(NC(=O)[C@@H]2CCCN2S(=O)(=O)c2cccs2)no1. The highest BCUT2D eigenvalue weighted by Crippen LogP contribution is 2.29. The van der Waals surface area contributed by atoms with Gasteiger partial charge in [-0.1, -0.05) is 11.2 Å². The van der Waals surface area contributed by atoms with E-state index in [1.54, 1.807) is 30.5 Å². The molecule has 3 rings (SSSR count). The van der Waals surface area contributed by atoms with E-state index in [1.165, 1.54) is 4.31 Å². The molecule has 1 amide bonds. The zero-order chi connectivity index (χ0) is 15.7. The van der Waals surface area contributed by atoms with Crippen molar-refractivity contribution in [3.05, 3.63) is 29.3 Å². The summed E-state index contributed by atoms with van der Waals surface area (Å²) in [5.41, 5.74) is 0. The second kappa shape index (κ2) is 5.82. The fourth-order valence-corrected chi connectivity index (χ4v) is 5.23. The zero-order valence-electron chi connectivity index (χ0n) is 11.9. The Bertz CT molecular complexity index is 767. The van der Waals surface area contributed by atoms with Gasteiger partial charge in [0.2, 0.25) is 5.91 Å². The molecule has 118 valence electrons. The topological polar surface area (TPSA) is 92.5 Å². The molecule has 0 aromatic carbocycles. The van der Waals surface area contributed by atoms with Crippen LogP contribution in [0.1, 0.15) is 18.6 Å². The quantitative estimate of drug-likeness (QED) is 0.916. The van der Waals surface area contributed by atoms with Crippen LogP contribution >= 0.6 is 11.3 Å². The summed E-state index contributed by atoms with van der Waals surface area (Å²) >= 11 is 1.15. The van der Waals surface area contributed by atoms with Crippen LogP contribution in [0, 0.1) is 6.92 Å². The maximum Gasteiger partial charge on any atom is 0.253 e. The van der Waals surface area contributed by atoms with Crippen LogP contribution in [-0.4, -0.2) is 36.4 Å². The van der Waals surface area contributed by atoms with Crippen molar-refractivity contribution in [2.75, 3.05) is 11.9 Å². The zero-order valence-corrected chi connectivity index (χ0v) is 13.5. The number of nitrogens with one attached hydrogen (secondary N) is 1. The number of carbonyl (C=O) groups is 1. The van der Waals surface area contributed by atoms with E-state index in [1.807, 2.05) is 0 Å². The number of carbonyl (C=O) groups excluding carboxylic acids is 1. The molecule has 1 atom stereocenters. The van der Waals surface area contributed by atoms with E-state index in [4.69, 9.17) is 4.52 Å². The van der Waals surface area contributed by atoms with E-state index in [0.717, 1.165) is 11.3 Å². The third-order valence-corrected chi connectivity index (χ3v) is 6.72. The number of sulfonamides is 1. The highest BCUT2D eigenvalue weighted by Gasteiger charge is 2.40. The van der Waals surface area contributed by atoms with Gasteiger partial charge in [-0.3, -0.25) is 4.79 Å². The van der Waals surface area contributed by atoms with Gasteiger partial charge in [0.05, 0.1) is 0 Å². The largest absolute Gasteiger partial charge is 0.360 e.